The van der Waals surface area contributed by atoms with Crippen molar-refractivity contribution in [3.8, 4) is 0 Å². The summed E-state index contributed by atoms with van der Waals surface area (Å²) >= 11 is 0. The molecule has 1 aliphatic rings. The number of carbonyl (C=O) groups is 1. The first-order valence-electron chi connectivity index (χ1n) is 9.01. The molecule has 7 heteroatoms. The summed E-state index contributed by atoms with van der Waals surface area (Å²) in [6, 6.07) is 8.56. The lowest BCUT2D eigenvalue weighted by atomic mass is 9.96. The smallest absolute Gasteiger partial charge is 0.355 e. The molecule has 4 nitrogen and oxygen atoms in total. The van der Waals surface area contributed by atoms with E-state index in [1.807, 2.05) is 13.0 Å². The van der Waals surface area contributed by atoms with Crippen LogP contribution in [0.25, 0.3) is 0 Å². The molecule has 0 radical (unpaired) electrons. The Labute approximate surface area is 156 Å². The molecule has 1 aromatic heterocycles. The van der Waals surface area contributed by atoms with Crippen molar-refractivity contribution >= 4 is 17.4 Å². The van der Waals surface area contributed by atoms with Crippen molar-refractivity contribution in [2.24, 2.45) is 0 Å². The van der Waals surface area contributed by atoms with Crippen molar-refractivity contribution < 1.29 is 18.0 Å². The minimum Gasteiger partial charge on any atom is -0.355 e. The summed E-state index contributed by atoms with van der Waals surface area (Å²) in [5.74, 6) is 0.389. The molecule has 0 spiro atoms. The Hall–Kier alpha value is -2.57. The van der Waals surface area contributed by atoms with E-state index >= 15 is 0 Å². The van der Waals surface area contributed by atoms with Crippen LogP contribution in [0.4, 0.5) is 24.7 Å². The third kappa shape index (κ3) is 4.78. The van der Waals surface area contributed by atoms with Gasteiger partial charge in [0.2, 0.25) is 5.91 Å². The Bertz CT molecular complexity index is 784. The largest absolute Gasteiger partial charge is 0.416 e. The molecule has 1 N–H and O–H groups in total. The van der Waals surface area contributed by atoms with E-state index in [2.05, 4.69) is 15.2 Å². The Kier molecular flexibility index (Phi) is 5.68. The van der Waals surface area contributed by atoms with Crippen LogP contribution in [0.15, 0.2) is 42.6 Å². The van der Waals surface area contributed by atoms with Gasteiger partial charge in [-0.3, -0.25) is 4.79 Å². The first kappa shape index (κ1) is 19.2. The van der Waals surface area contributed by atoms with Crippen LogP contribution in [-0.2, 0) is 11.0 Å². The first-order chi connectivity index (χ1) is 12.8. The van der Waals surface area contributed by atoms with Crippen LogP contribution >= 0.6 is 0 Å². The molecule has 1 aromatic carbocycles. The molecular weight excluding hydrogens is 355 g/mol. The Morgan fingerprint density at radius 2 is 1.85 bits per heavy atom. The van der Waals surface area contributed by atoms with Gasteiger partial charge < -0.3 is 10.2 Å². The fourth-order valence-electron chi connectivity index (χ4n) is 3.27. The van der Waals surface area contributed by atoms with Gasteiger partial charge in [-0.2, -0.15) is 13.2 Å². The van der Waals surface area contributed by atoms with Crippen molar-refractivity contribution in [1.82, 2.24) is 4.98 Å². The zero-order valence-corrected chi connectivity index (χ0v) is 15.1. The minimum atomic E-state index is -4.36. The van der Waals surface area contributed by atoms with E-state index in [4.69, 9.17) is 0 Å². The van der Waals surface area contributed by atoms with Crippen molar-refractivity contribution in [3.63, 3.8) is 0 Å². The second kappa shape index (κ2) is 7.98. The first-order valence-corrected chi connectivity index (χ1v) is 9.01. The van der Waals surface area contributed by atoms with Crippen LogP contribution in [0.5, 0.6) is 0 Å². The molecule has 0 saturated carbocycles. The molecular formula is C20H22F3N3O. The molecule has 3 rings (SSSR count). The van der Waals surface area contributed by atoms with Crippen molar-refractivity contribution in [2.45, 2.75) is 38.3 Å². The number of anilines is 2. The second-order valence-corrected chi connectivity index (χ2v) is 6.84. The molecule has 1 saturated heterocycles. The van der Waals surface area contributed by atoms with Crippen molar-refractivity contribution in [2.75, 3.05) is 23.3 Å². The predicted octanol–water partition coefficient (Wildman–Crippen LogP) is 4.83. The number of nitrogens with one attached hydrogen (secondary N) is 1. The van der Waals surface area contributed by atoms with Crippen LogP contribution in [-0.4, -0.2) is 24.0 Å². The number of alkyl halides is 3. The van der Waals surface area contributed by atoms with Gasteiger partial charge >= 0.3 is 6.18 Å². The molecule has 1 amide bonds. The van der Waals surface area contributed by atoms with E-state index in [-0.39, 0.29) is 18.2 Å². The number of hydrogen-bond donors (Lipinski definition) is 1. The molecule has 1 atom stereocenters. The average molecular weight is 377 g/mol. The van der Waals surface area contributed by atoms with Crippen LogP contribution in [0, 0.1) is 0 Å². The summed E-state index contributed by atoms with van der Waals surface area (Å²) < 4.78 is 38.0. The van der Waals surface area contributed by atoms with E-state index in [9.17, 15) is 18.0 Å². The van der Waals surface area contributed by atoms with E-state index in [1.54, 1.807) is 12.3 Å². The Morgan fingerprint density at radius 3 is 2.48 bits per heavy atom. The third-order valence-corrected chi connectivity index (χ3v) is 4.76. The number of hydrogen-bond acceptors (Lipinski definition) is 3. The van der Waals surface area contributed by atoms with E-state index < -0.39 is 11.7 Å². The number of pyridine rings is 1. The standard InChI is InChI=1S/C20H22F3N3O/c1-14(15-6-8-16(9-7-15)20(21,22)23)13-18(27)25-17-5-4-10-24-19(17)26-11-2-3-12-26/h4-10,14H,2-3,11-13H2,1H3,(H,25,27). The lowest BCUT2D eigenvalue weighted by Crippen LogP contribution is -2.22. The van der Waals surface area contributed by atoms with Crippen molar-refractivity contribution in [3.05, 3.63) is 53.7 Å². The topological polar surface area (TPSA) is 45.2 Å². The normalized spacial score (nSPS) is 15.6. The Morgan fingerprint density at radius 1 is 1.19 bits per heavy atom. The van der Waals surface area contributed by atoms with Crippen LogP contribution in [0.3, 0.4) is 0 Å². The molecule has 27 heavy (non-hydrogen) atoms. The fourth-order valence-corrected chi connectivity index (χ4v) is 3.27. The lowest BCUT2D eigenvalue weighted by molar-refractivity contribution is -0.137. The second-order valence-electron chi connectivity index (χ2n) is 6.84. The van der Waals surface area contributed by atoms with Gasteiger partial charge in [-0.15, -0.1) is 0 Å². The summed E-state index contributed by atoms with van der Waals surface area (Å²) in [5, 5.41) is 2.90. The number of carbonyl (C=O) groups excluding carboxylic acids is 1. The van der Waals surface area contributed by atoms with Gasteiger partial charge in [0.05, 0.1) is 11.3 Å². The van der Waals surface area contributed by atoms with Gasteiger partial charge in [0, 0.05) is 25.7 Å². The highest BCUT2D eigenvalue weighted by Gasteiger charge is 2.30. The van der Waals surface area contributed by atoms with Gasteiger partial charge in [0.1, 0.15) is 0 Å². The summed E-state index contributed by atoms with van der Waals surface area (Å²) in [7, 11) is 0. The third-order valence-electron chi connectivity index (χ3n) is 4.76. The number of halogens is 3. The molecule has 1 fully saturated rings. The average Bonchev–Trinajstić information content (AvgIpc) is 3.16. The number of amides is 1. The monoisotopic (exact) mass is 377 g/mol. The maximum Gasteiger partial charge on any atom is 0.416 e. The number of aromatic nitrogens is 1. The quantitative estimate of drug-likeness (QED) is 0.812. The lowest BCUT2D eigenvalue weighted by Gasteiger charge is -2.20. The fraction of sp³-hybridized carbons (Fsp3) is 0.400. The van der Waals surface area contributed by atoms with Gasteiger partial charge in [-0.1, -0.05) is 19.1 Å². The summed E-state index contributed by atoms with van der Waals surface area (Å²) in [6.07, 6.45) is -0.261. The van der Waals surface area contributed by atoms with Crippen LogP contribution < -0.4 is 10.2 Å². The number of benzene rings is 1. The molecule has 0 bridgehead atoms. The highest BCUT2D eigenvalue weighted by molar-refractivity contribution is 5.94. The van der Waals surface area contributed by atoms with E-state index in [1.165, 1.54) is 12.1 Å². The highest BCUT2D eigenvalue weighted by atomic mass is 19.4. The zero-order chi connectivity index (χ0) is 19.4. The summed E-state index contributed by atoms with van der Waals surface area (Å²) in [6.45, 7) is 3.66. The van der Waals surface area contributed by atoms with Gasteiger partial charge in [-0.25, -0.2) is 4.98 Å². The molecule has 2 aromatic rings. The number of rotatable bonds is 5. The molecule has 2 heterocycles. The molecule has 1 unspecified atom stereocenters. The Balaban J connectivity index is 1.64. The van der Waals surface area contributed by atoms with Crippen LogP contribution in [0.1, 0.15) is 43.2 Å². The SMILES string of the molecule is CC(CC(=O)Nc1cccnc1N1CCCC1)c1ccc(C(F)(F)F)cc1. The number of nitrogens with zero attached hydrogens (tertiary/aromatic N) is 2. The van der Waals surface area contributed by atoms with E-state index in [0.717, 1.165) is 43.9 Å². The van der Waals surface area contributed by atoms with Gasteiger partial charge in [0.25, 0.3) is 0 Å². The zero-order valence-electron chi connectivity index (χ0n) is 15.1. The molecule has 144 valence electrons. The molecule has 0 aliphatic carbocycles. The van der Waals surface area contributed by atoms with Crippen molar-refractivity contribution in [1.29, 1.82) is 0 Å². The maximum absolute atomic E-state index is 12.7. The maximum atomic E-state index is 12.7. The summed E-state index contributed by atoms with van der Waals surface area (Å²) in [5.41, 5.74) is 0.682. The molecule has 1 aliphatic heterocycles. The van der Waals surface area contributed by atoms with Gasteiger partial charge in [-0.05, 0) is 48.6 Å². The van der Waals surface area contributed by atoms with Crippen LogP contribution in [0.2, 0.25) is 0 Å². The highest BCUT2D eigenvalue weighted by Crippen LogP contribution is 2.31. The predicted molar refractivity (Wildman–Crippen MR) is 98.8 cm³/mol. The summed E-state index contributed by atoms with van der Waals surface area (Å²) in [4.78, 5) is 19.0. The van der Waals surface area contributed by atoms with Gasteiger partial charge in [0.15, 0.2) is 5.82 Å². The minimum absolute atomic E-state index is 0.180. The van der Waals surface area contributed by atoms with E-state index in [0.29, 0.717) is 11.3 Å².